The first kappa shape index (κ1) is 14.6. The van der Waals surface area contributed by atoms with Crippen LogP contribution in [-0.2, 0) is 13.1 Å². The molecule has 1 unspecified atom stereocenters. The van der Waals surface area contributed by atoms with Crippen LogP contribution in [0.5, 0.6) is 0 Å². The molecule has 1 atom stereocenters. The van der Waals surface area contributed by atoms with Crippen molar-refractivity contribution < 1.29 is 0 Å². The Morgan fingerprint density at radius 2 is 1.70 bits per heavy atom. The third kappa shape index (κ3) is 3.02. The van der Waals surface area contributed by atoms with Crippen molar-refractivity contribution in [2.45, 2.75) is 39.9 Å². The number of rotatable bonds is 5. The monoisotopic (exact) mass is 273 g/mol. The molecule has 108 valence electrons. The van der Waals surface area contributed by atoms with Crippen molar-refractivity contribution in [2.75, 3.05) is 7.05 Å². The standard InChI is InChI=1S/C16H23N3O/c1-5-18-6-7-19(16(18)20)11-15(17-4)14-9-12(2)8-13(3)10-14/h6-10,15,17H,5,11H2,1-4H3. The van der Waals surface area contributed by atoms with Crippen LogP contribution in [0.4, 0.5) is 0 Å². The fourth-order valence-corrected chi connectivity index (χ4v) is 2.60. The van der Waals surface area contributed by atoms with Crippen LogP contribution in [0.25, 0.3) is 0 Å². The van der Waals surface area contributed by atoms with Crippen LogP contribution in [0.15, 0.2) is 35.4 Å². The normalized spacial score (nSPS) is 12.6. The van der Waals surface area contributed by atoms with Gasteiger partial charge in [-0.3, -0.25) is 9.13 Å². The molecule has 0 radical (unpaired) electrons. The fraction of sp³-hybridized carbons (Fsp3) is 0.438. The Hall–Kier alpha value is -1.81. The number of hydrogen-bond donors (Lipinski definition) is 1. The van der Waals surface area contributed by atoms with Gasteiger partial charge in [-0.1, -0.05) is 29.3 Å². The third-order valence-corrected chi connectivity index (χ3v) is 3.63. The molecule has 2 aromatic rings. The van der Waals surface area contributed by atoms with E-state index in [2.05, 4.69) is 37.4 Å². The van der Waals surface area contributed by atoms with Crippen LogP contribution in [0, 0.1) is 13.8 Å². The van der Waals surface area contributed by atoms with Gasteiger partial charge in [0.1, 0.15) is 0 Å². The lowest BCUT2D eigenvalue weighted by atomic mass is 10.0. The molecule has 1 N–H and O–H groups in total. The number of aryl methyl sites for hydroxylation is 3. The summed E-state index contributed by atoms with van der Waals surface area (Å²) in [7, 11) is 1.93. The summed E-state index contributed by atoms with van der Waals surface area (Å²) in [5.41, 5.74) is 3.77. The number of nitrogens with one attached hydrogen (secondary N) is 1. The first-order valence-electron chi connectivity index (χ1n) is 7.06. The minimum absolute atomic E-state index is 0.0529. The molecule has 4 nitrogen and oxygen atoms in total. The Bertz CT molecular complexity index is 619. The molecule has 0 saturated heterocycles. The van der Waals surface area contributed by atoms with Gasteiger partial charge in [0.25, 0.3) is 0 Å². The number of imidazole rings is 1. The number of aromatic nitrogens is 2. The molecule has 4 heteroatoms. The average Bonchev–Trinajstić information content (AvgIpc) is 2.75. The first-order chi connectivity index (χ1) is 9.55. The van der Waals surface area contributed by atoms with Crippen molar-refractivity contribution in [2.24, 2.45) is 0 Å². The van der Waals surface area contributed by atoms with Crippen molar-refractivity contribution in [1.29, 1.82) is 0 Å². The summed E-state index contributed by atoms with van der Waals surface area (Å²) in [6, 6.07) is 6.65. The van der Waals surface area contributed by atoms with Crippen LogP contribution in [0.3, 0.4) is 0 Å². The Morgan fingerprint density at radius 3 is 2.20 bits per heavy atom. The fourth-order valence-electron chi connectivity index (χ4n) is 2.60. The van der Waals surface area contributed by atoms with Gasteiger partial charge in [-0.15, -0.1) is 0 Å². The summed E-state index contributed by atoms with van der Waals surface area (Å²) in [6.07, 6.45) is 3.70. The van der Waals surface area contributed by atoms with Gasteiger partial charge in [-0.05, 0) is 33.4 Å². The summed E-state index contributed by atoms with van der Waals surface area (Å²) in [5.74, 6) is 0. The number of nitrogens with zero attached hydrogens (tertiary/aromatic N) is 2. The highest BCUT2D eigenvalue weighted by Gasteiger charge is 2.13. The molecule has 0 amide bonds. The number of hydrogen-bond acceptors (Lipinski definition) is 2. The van der Waals surface area contributed by atoms with Gasteiger partial charge < -0.3 is 5.32 Å². The van der Waals surface area contributed by atoms with Gasteiger partial charge in [-0.2, -0.15) is 0 Å². The minimum atomic E-state index is 0.0529. The SMILES string of the molecule is CCn1ccn(CC(NC)c2cc(C)cc(C)c2)c1=O. The second kappa shape index (κ2) is 6.09. The van der Waals surface area contributed by atoms with Gasteiger partial charge in [0.15, 0.2) is 0 Å². The van der Waals surface area contributed by atoms with Crippen LogP contribution in [0.1, 0.15) is 29.7 Å². The molecule has 0 spiro atoms. The van der Waals surface area contributed by atoms with E-state index in [4.69, 9.17) is 0 Å². The summed E-state index contributed by atoms with van der Waals surface area (Å²) in [6.45, 7) is 7.53. The molecule has 1 aromatic carbocycles. The molecular weight excluding hydrogens is 250 g/mol. The Kier molecular flexibility index (Phi) is 4.45. The Balaban J connectivity index is 2.28. The molecule has 0 bridgehead atoms. The maximum absolute atomic E-state index is 12.1. The Labute approximate surface area is 120 Å². The van der Waals surface area contributed by atoms with E-state index in [1.54, 1.807) is 9.13 Å². The van der Waals surface area contributed by atoms with Gasteiger partial charge in [0.2, 0.25) is 0 Å². The molecule has 2 rings (SSSR count). The summed E-state index contributed by atoms with van der Waals surface area (Å²) in [5, 5.41) is 3.31. The molecule has 0 aliphatic rings. The van der Waals surface area contributed by atoms with Gasteiger partial charge in [0, 0.05) is 25.5 Å². The van der Waals surface area contributed by atoms with Crippen LogP contribution in [-0.4, -0.2) is 16.2 Å². The summed E-state index contributed by atoms with van der Waals surface area (Å²) >= 11 is 0. The third-order valence-electron chi connectivity index (χ3n) is 3.63. The van der Waals surface area contributed by atoms with Crippen molar-refractivity contribution >= 4 is 0 Å². The largest absolute Gasteiger partial charge is 0.328 e. The first-order valence-corrected chi connectivity index (χ1v) is 7.06. The lowest BCUT2D eigenvalue weighted by molar-refractivity contribution is 0.484. The van der Waals surface area contributed by atoms with Crippen molar-refractivity contribution in [3.05, 3.63) is 57.8 Å². The molecular formula is C16H23N3O. The van der Waals surface area contributed by atoms with Crippen molar-refractivity contribution in [1.82, 2.24) is 14.5 Å². The van der Waals surface area contributed by atoms with Gasteiger partial charge >= 0.3 is 5.69 Å². The molecule has 1 aromatic heterocycles. The van der Waals surface area contributed by atoms with Crippen molar-refractivity contribution in [3.8, 4) is 0 Å². The lowest BCUT2D eigenvalue weighted by Gasteiger charge is -2.18. The van der Waals surface area contributed by atoms with E-state index in [-0.39, 0.29) is 11.7 Å². The van der Waals surface area contributed by atoms with Crippen molar-refractivity contribution in [3.63, 3.8) is 0 Å². The second-order valence-electron chi connectivity index (χ2n) is 5.28. The van der Waals surface area contributed by atoms with Crippen LogP contribution < -0.4 is 11.0 Å². The number of likely N-dealkylation sites (N-methyl/N-ethyl adjacent to an activating group) is 1. The predicted octanol–water partition coefficient (Wildman–Crippen LogP) is 2.25. The molecule has 20 heavy (non-hydrogen) atoms. The zero-order valence-corrected chi connectivity index (χ0v) is 12.7. The van der Waals surface area contributed by atoms with Crippen LogP contribution >= 0.6 is 0 Å². The molecule has 0 saturated carbocycles. The van der Waals surface area contributed by atoms with Gasteiger partial charge in [-0.25, -0.2) is 4.79 Å². The van der Waals surface area contributed by atoms with Gasteiger partial charge in [0.05, 0.1) is 6.04 Å². The van der Waals surface area contributed by atoms with Crippen LogP contribution in [0.2, 0.25) is 0 Å². The zero-order chi connectivity index (χ0) is 14.7. The topological polar surface area (TPSA) is 39.0 Å². The summed E-state index contributed by atoms with van der Waals surface area (Å²) in [4.78, 5) is 12.1. The highest BCUT2D eigenvalue weighted by molar-refractivity contribution is 5.30. The second-order valence-corrected chi connectivity index (χ2v) is 5.28. The smallest absolute Gasteiger partial charge is 0.312 e. The zero-order valence-electron chi connectivity index (χ0n) is 12.7. The highest BCUT2D eigenvalue weighted by atomic mass is 16.1. The molecule has 0 aliphatic carbocycles. The Morgan fingerprint density at radius 1 is 1.10 bits per heavy atom. The highest BCUT2D eigenvalue weighted by Crippen LogP contribution is 2.18. The predicted molar refractivity (Wildman–Crippen MR) is 82.1 cm³/mol. The van der Waals surface area contributed by atoms with E-state index in [1.807, 2.05) is 26.4 Å². The molecule has 0 fully saturated rings. The van der Waals surface area contributed by atoms with E-state index in [9.17, 15) is 4.79 Å². The van der Waals surface area contributed by atoms with E-state index in [0.717, 1.165) is 0 Å². The van der Waals surface area contributed by atoms with E-state index >= 15 is 0 Å². The number of benzene rings is 1. The van der Waals surface area contributed by atoms with E-state index in [1.165, 1.54) is 16.7 Å². The molecule has 1 heterocycles. The maximum Gasteiger partial charge on any atom is 0.328 e. The van der Waals surface area contributed by atoms with E-state index in [0.29, 0.717) is 13.1 Å². The quantitative estimate of drug-likeness (QED) is 0.907. The lowest BCUT2D eigenvalue weighted by Crippen LogP contribution is -2.29. The minimum Gasteiger partial charge on any atom is -0.312 e. The molecule has 0 aliphatic heterocycles. The summed E-state index contributed by atoms with van der Waals surface area (Å²) < 4.78 is 3.48. The maximum atomic E-state index is 12.1. The van der Waals surface area contributed by atoms with E-state index < -0.39 is 0 Å². The average molecular weight is 273 g/mol.